The van der Waals surface area contributed by atoms with Gasteiger partial charge in [0.25, 0.3) is 5.69 Å². The monoisotopic (exact) mass is 475 g/mol. The minimum atomic E-state index is -0.723. The van der Waals surface area contributed by atoms with Crippen molar-refractivity contribution in [1.29, 1.82) is 0 Å². The predicted molar refractivity (Wildman–Crippen MR) is 125 cm³/mol. The average Bonchev–Trinajstić information content (AvgIpc) is 3.26. The van der Waals surface area contributed by atoms with Gasteiger partial charge in [-0.2, -0.15) is 0 Å². The fourth-order valence-corrected chi connectivity index (χ4v) is 4.84. The first kappa shape index (κ1) is 22.3. The Kier molecular flexibility index (Phi) is 5.31. The first-order chi connectivity index (χ1) is 16.8. The summed E-state index contributed by atoms with van der Waals surface area (Å²) in [5.74, 6) is -2.29. The molecule has 0 saturated carbocycles. The summed E-state index contributed by atoms with van der Waals surface area (Å²) in [5, 5.41) is 13.5. The first-order valence-electron chi connectivity index (χ1n) is 11.0. The van der Waals surface area contributed by atoms with Crippen LogP contribution in [0.3, 0.4) is 0 Å². The lowest BCUT2D eigenvalue weighted by Gasteiger charge is -2.27. The largest absolute Gasteiger partial charge is 0.347 e. The molecule has 1 saturated heterocycles. The highest BCUT2D eigenvalue weighted by molar-refractivity contribution is 6.22. The fourth-order valence-electron chi connectivity index (χ4n) is 4.84. The van der Waals surface area contributed by atoms with Gasteiger partial charge in [-0.1, -0.05) is 42.0 Å². The van der Waals surface area contributed by atoms with E-state index in [2.05, 4.69) is 5.10 Å². The zero-order valence-electron chi connectivity index (χ0n) is 18.7. The van der Waals surface area contributed by atoms with Crippen LogP contribution in [0.2, 0.25) is 0 Å². The standard InChI is InChI=1S/C24H21N5O6/c1-14-11-18-19(22(31)27(21(18)30)16-7-9-17(10-8-16)29(34)35)12-20(14)28-24(33)26(23(32)25-28)13-15-5-3-2-4-6-15/h2-11,18-20H,12-13H2,1H3,(H,25,32)/t18-,19+,20+/m0/s1. The number of non-ortho nitro benzene ring substituents is 1. The SMILES string of the molecule is CC1=C[C@@H]2C(=O)N(c3ccc([N+](=O)[O-])cc3)C(=O)[C@@H]2C[C@H]1n1[nH]c(=O)n(Cc2ccccc2)c1=O. The number of anilines is 1. The van der Waals surface area contributed by atoms with Gasteiger partial charge in [-0.15, -0.1) is 0 Å². The van der Waals surface area contributed by atoms with Gasteiger partial charge in [-0.25, -0.2) is 28.8 Å². The zero-order valence-corrected chi connectivity index (χ0v) is 18.7. The number of hydrogen-bond acceptors (Lipinski definition) is 6. The molecule has 1 aliphatic carbocycles. The van der Waals surface area contributed by atoms with E-state index in [0.29, 0.717) is 5.57 Å². The van der Waals surface area contributed by atoms with E-state index >= 15 is 0 Å². The molecule has 11 heteroatoms. The van der Waals surface area contributed by atoms with Crippen molar-refractivity contribution in [3.05, 3.63) is 103 Å². The molecule has 0 radical (unpaired) electrons. The molecule has 2 aromatic carbocycles. The van der Waals surface area contributed by atoms with Crippen LogP contribution in [0.15, 0.2) is 75.8 Å². The van der Waals surface area contributed by atoms with Gasteiger partial charge in [-0.05, 0) is 31.0 Å². The lowest BCUT2D eigenvalue weighted by Crippen LogP contribution is -2.35. The maximum absolute atomic E-state index is 13.2. The second-order valence-electron chi connectivity index (χ2n) is 8.72. The Bertz CT molecular complexity index is 1480. The predicted octanol–water partition coefficient (Wildman–Crippen LogP) is 1.99. The topological polar surface area (TPSA) is 140 Å². The van der Waals surface area contributed by atoms with Gasteiger partial charge in [-0.3, -0.25) is 19.7 Å². The number of hydrogen-bond donors (Lipinski definition) is 1. The van der Waals surface area contributed by atoms with E-state index in [1.165, 1.54) is 28.9 Å². The van der Waals surface area contributed by atoms with Gasteiger partial charge < -0.3 is 0 Å². The lowest BCUT2D eigenvalue weighted by atomic mass is 9.80. The number of nitro groups is 1. The fraction of sp³-hybridized carbons (Fsp3) is 0.250. The summed E-state index contributed by atoms with van der Waals surface area (Å²) >= 11 is 0. The number of rotatable bonds is 5. The van der Waals surface area contributed by atoms with Crippen LogP contribution in [0.25, 0.3) is 0 Å². The lowest BCUT2D eigenvalue weighted by molar-refractivity contribution is -0.384. The molecule has 35 heavy (non-hydrogen) atoms. The third-order valence-corrected chi connectivity index (χ3v) is 6.63. The van der Waals surface area contributed by atoms with Crippen molar-refractivity contribution in [1.82, 2.24) is 14.3 Å². The Balaban J connectivity index is 1.44. The molecule has 5 rings (SSSR count). The van der Waals surface area contributed by atoms with Gasteiger partial charge in [0.2, 0.25) is 11.8 Å². The number of carbonyl (C=O) groups excluding carboxylic acids is 2. The van der Waals surface area contributed by atoms with E-state index in [1.54, 1.807) is 13.0 Å². The number of allylic oxidation sites excluding steroid dienone is 1. The zero-order chi connectivity index (χ0) is 24.9. The first-order valence-corrected chi connectivity index (χ1v) is 11.0. The molecule has 0 unspecified atom stereocenters. The van der Waals surface area contributed by atoms with Crippen LogP contribution in [0.1, 0.15) is 24.9 Å². The highest BCUT2D eigenvalue weighted by Crippen LogP contribution is 2.42. The van der Waals surface area contributed by atoms with Crippen LogP contribution in [0, 0.1) is 22.0 Å². The van der Waals surface area contributed by atoms with Gasteiger partial charge in [0.1, 0.15) is 0 Å². The van der Waals surface area contributed by atoms with E-state index < -0.39 is 46.0 Å². The second kappa shape index (κ2) is 8.35. The number of amides is 2. The number of benzene rings is 2. The molecule has 0 spiro atoms. The normalized spacial score (nSPS) is 21.7. The van der Waals surface area contributed by atoms with Gasteiger partial charge in [0.05, 0.1) is 35.0 Å². The van der Waals surface area contributed by atoms with Crippen LogP contribution >= 0.6 is 0 Å². The van der Waals surface area contributed by atoms with Crippen molar-refractivity contribution in [2.45, 2.75) is 25.9 Å². The molecular weight excluding hydrogens is 454 g/mol. The Labute approximate surface area is 198 Å². The minimum Gasteiger partial charge on any atom is -0.274 e. The highest BCUT2D eigenvalue weighted by atomic mass is 16.6. The van der Waals surface area contributed by atoms with E-state index in [-0.39, 0.29) is 24.3 Å². The molecule has 1 N–H and O–H groups in total. The summed E-state index contributed by atoms with van der Waals surface area (Å²) in [4.78, 5) is 63.4. The second-order valence-corrected chi connectivity index (χ2v) is 8.72. The number of aromatic nitrogens is 3. The van der Waals surface area contributed by atoms with Crippen molar-refractivity contribution in [2.24, 2.45) is 11.8 Å². The third-order valence-electron chi connectivity index (χ3n) is 6.63. The number of nitrogens with one attached hydrogen (secondary N) is 1. The van der Waals surface area contributed by atoms with Crippen molar-refractivity contribution >= 4 is 23.2 Å². The van der Waals surface area contributed by atoms with Crippen LogP contribution in [0.4, 0.5) is 11.4 Å². The van der Waals surface area contributed by atoms with Crippen molar-refractivity contribution in [3.63, 3.8) is 0 Å². The molecule has 1 aromatic heterocycles. The van der Waals surface area contributed by atoms with Gasteiger partial charge in [0, 0.05) is 12.1 Å². The third kappa shape index (κ3) is 3.70. The molecule has 2 amide bonds. The van der Waals surface area contributed by atoms with Crippen LogP contribution in [-0.4, -0.2) is 31.1 Å². The summed E-state index contributed by atoms with van der Waals surface area (Å²) in [6.45, 7) is 1.86. The van der Waals surface area contributed by atoms with Crippen molar-refractivity contribution < 1.29 is 14.5 Å². The number of nitrogens with zero attached hydrogens (tertiary/aromatic N) is 4. The molecule has 2 aliphatic rings. The number of nitro benzene ring substituents is 1. The van der Waals surface area contributed by atoms with Gasteiger partial charge >= 0.3 is 11.4 Å². The average molecular weight is 475 g/mol. The maximum Gasteiger partial charge on any atom is 0.347 e. The van der Waals surface area contributed by atoms with Crippen molar-refractivity contribution in [3.8, 4) is 0 Å². The maximum atomic E-state index is 13.2. The number of H-pyrrole nitrogens is 1. The number of fused-ring (bicyclic) bond motifs is 1. The Hall–Kier alpha value is -4.54. The molecule has 3 aromatic rings. The highest BCUT2D eigenvalue weighted by Gasteiger charge is 2.50. The van der Waals surface area contributed by atoms with Gasteiger partial charge in [0.15, 0.2) is 0 Å². The summed E-state index contributed by atoms with van der Waals surface area (Å²) < 4.78 is 2.32. The smallest absolute Gasteiger partial charge is 0.274 e. The molecule has 1 aliphatic heterocycles. The Morgan fingerprint density at radius 2 is 1.69 bits per heavy atom. The Morgan fingerprint density at radius 3 is 2.34 bits per heavy atom. The van der Waals surface area contributed by atoms with E-state index in [4.69, 9.17) is 0 Å². The molecule has 2 heterocycles. The number of aromatic amines is 1. The summed E-state index contributed by atoms with van der Waals surface area (Å²) in [6.07, 6.45) is 1.83. The quantitative estimate of drug-likeness (QED) is 0.259. The van der Waals surface area contributed by atoms with E-state index in [0.717, 1.165) is 15.0 Å². The number of imide groups is 1. The van der Waals surface area contributed by atoms with Crippen LogP contribution < -0.4 is 16.3 Å². The molecule has 11 nitrogen and oxygen atoms in total. The molecule has 3 atom stereocenters. The van der Waals surface area contributed by atoms with Crippen LogP contribution in [0.5, 0.6) is 0 Å². The molecule has 178 valence electrons. The Morgan fingerprint density at radius 1 is 1.00 bits per heavy atom. The number of carbonyl (C=O) groups is 2. The van der Waals surface area contributed by atoms with E-state index in [9.17, 15) is 29.3 Å². The molecular formula is C24H21N5O6. The summed E-state index contributed by atoms with van der Waals surface area (Å²) in [7, 11) is 0. The van der Waals surface area contributed by atoms with Crippen LogP contribution in [-0.2, 0) is 16.1 Å². The minimum absolute atomic E-state index is 0.106. The van der Waals surface area contributed by atoms with Crippen molar-refractivity contribution in [2.75, 3.05) is 4.90 Å². The molecule has 1 fully saturated rings. The summed E-state index contributed by atoms with van der Waals surface area (Å²) in [6, 6.07) is 13.7. The van der Waals surface area contributed by atoms with E-state index in [1.807, 2.05) is 30.3 Å². The molecule has 0 bridgehead atoms. The summed E-state index contributed by atoms with van der Waals surface area (Å²) in [5.41, 5.74) is 0.498.